The summed E-state index contributed by atoms with van der Waals surface area (Å²) in [5, 5.41) is 21.0. The molecule has 166 valence electrons. The molecule has 0 spiro atoms. The summed E-state index contributed by atoms with van der Waals surface area (Å²) in [5.74, 6) is 2.84. The summed E-state index contributed by atoms with van der Waals surface area (Å²) in [6.07, 6.45) is 4.14. The van der Waals surface area contributed by atoms with Gasteiger partial charge in [0.2, 0.25) is 0 Å². The topological polar surface area (TPSA) is 104 Å². The maximum atomic E-state index is 10.6. The molecule has 3 rings (SSSR count). The van der Waals surface area contributed by atoms with Crippen molar-refractivity contribution in [3.63, 3.8) is 0 Å². The number of methoxy groups -OCH3 is 2. The Labute approximate surface area is 193 Å². The minimum atomic E-state index is -1.17. The maximum absolute atomic E-state index is 10.6. The van der Waals surface area contributed by atoms with Gasteiger partial charge in [0.15, 0.2) is 4.20 Å². The number of unbranched alkanes of at least 4 members (excludes halogenated alkanes) is 2. The van der Waals surface area contributed by atoms with Gasteiger partial charge in [0.05, 0.1) is 26.4 Å². The summed E-state index contributed by atoms with van der Waals surface area (Å²) < 4.78 is 10.2. The van der Waals surface area contributed by atoms with Crippen molar-refractivity contribution in [2.45, 2.75) is 49.7 Å². The highest BCUT2D eigenvalue weighted by Crippen LogP contribution is 2.86. The van der Waals surface area contributed by atoms with Crippen LogP contribution >= 0.6 is 23.5 Å². The Kier molecular flexibility index (Phi) is 7.03. The Morgan fingerprint density at radius 2 is 1.71 bits per heavy atom. The van der Waals surface area contributed by atoms with Crippen LogP contribution in [-0.2, 0) is 0 Å². The summed E-state index contributed by atoms with van der Waals surface area (Å²) >= 11 is 3.34. The van der Waals surface area contributed by atoms with Crippen molar-refractivity contribution in [3.05, 3.63) is 23.8 Å². The highest BCUT2D eigenvalue weighted by molar-refractivity contribution is 8.18. The fourth-order valence-electron chi connectivity index (χ4n) is 4.60. The largest absolute Gasteiger partial charge is 0.497 e. The van der Waals surface area contributed by atoms with Gasteiger partial charge in [-0.25, -0.2) is 4.99 Å². The van der Waals surface area contributed by atoms with Crippen LogP contribution in [0.3, 0.4) is 0 Å². The first-order valence-electron chi connectivity index (χ1n) is 10.7. The second-order valence-electron chi connectivity index (χ2n) is 7.86. The number of nitrogens with zero attached hydrogens (tertiary/aromatic N) is 3. The van der Waals surface area contributed by atoms with Crippen molar-refractivity contribution in [2.24, 2.45) is 21.6 Å². The van der Waals surface area contributed by atoms with E-state index >= 15 is 0 Å². The van der Waals surface area contributed by atoms with Crippen LogP contribution in [0.4, 0.5) is 0 Å². The van der Waals surface area contributed by atoms with E-state index in [0.717, 1.165) is 42.8 Å². The molecule has 1 aliphatic heterocycles. The van der Waals surface area contributed by atoms with Gasteiger partial charge in [-0.3, -0.25) is 0 Å². The van der Waals surface area contributed by atoms with Gasteiger partial charge in [0, 0.05) is 11.5 Å². The molecule has 1 aromatic rings. The van der Waals surface area contributed by atoms with Crippen LogP contribution in [0.15, 0.2) is 23.2 Å². The minimum Gasteiger partial charge on any atom is -0.497 e. The molecule has 1 saturated carbocycles. The number of aliphatic imine (C=N–C) groups is 1. The summed E-state index contributed by atoms with van der Waals surface area (Å²) in [6, 6.07) is 10.5. The lowest BCUT2D eigenvalue weighted by atomic mass is 9.97. The molecule has 1 heterocycles. The van der Waals surface area contributed by atoms with Gasteiger partial charge in [-0.05, 0) is 42.5 Å². The van der Waals surface area contributed by atoms with Crippen molar-refractivity contribution in [3.8, 4) is 23.6 Å². The van der Waals surface area contributed by atoms with Gasteiger partial charge in [0.25, 0.3) is 0 Å². The van der Waals surface area contributed by atoms with Gasteiger partial charge >= 0.3 is 0 Å². The van der Waals surface area contributed by atoms with Gasteiger partial charge < -0.3 is 15.2 Å². The van der Waals surface area contributed by atoms with Crippen LogP contribution in [-0.4, -0.2) is 35.8 Å². The molecule has 1 aromatic carbocycles. The monoisotopic (exact) mass is 458 g/mol. The molecule has 0 saturated heterocycles. The minimum absolute atomic E-state index is 0.263. The summed E-state index contributed by atoms with van der Waals surface area (Å²) in [4.78, 5) is 4.86. The third-order valence-corrected chi connectivity index (χ3v) is 9.57. The first-order valence-corrected chi connectivity index (χ1v) is 12.6. The van der Waals surface area contributed by atoms with Gasteiger partial charge in [0.1, 0.15) is 28.2 Å². The van der Waals surface area contributed by atoms with E-state index in [1.807, 2.05) is 18.2 Å². The smallest absolute Gasteiger partial charge is 0.175 e. The standard InChI is InChI=1S/C23H30N4O2S2/c1-5-7-11-30-23(31-12-8-6-2)22(15-25)19(21(22,14-24)20(26)27-23)17-13-16(28-3)9-10-18(17)29-4/h9-10,13,19H,5-8,11-12H2,1-4H3,(H2,26,27). The quantitative estimate of drug-likeness (QED) is 0.371. The number of rotatable bonds is 11. The Morgan fingerprint density at radius 3 is 2.19 bits per heavy atom. The van der Waals surface area contributed by atoms with Crippen LogP contribution in [0.25, 0.3) is 0 Å². The predicted octanol–water partition coefficient (Wildman–Crippen LogP) is 4.91. The lowest BCUT2D eigenvalue weighted by molar-refractivity contribution is 0.397. The molecule has 1 aliphatic carbocycles. The number of benzene rings is 1. The number of fused-ring (bicyclic) bond motifs is 1. The van der Waals surface area contributed by atoms with Gasteiger partial charge in [-0.1, -0.05) is 26.7 Å². The molecule has 6 nitrogen and oxygen atoms in total. The Morgan fingerprint density at radius 1 is 1.06 bits per heavy atom. The number of amidine groups is 1. The molecule has 0 amide bonds. The number of ether oxygens (including phenoxy) is 2. The first kappa shape index (κ1) is 23.6. The number of nitrogens with two attached hydrogens (primary N) is 1. The SMILES string of the molecule is CCCCSC1(SCCCC)N=C(N)C2(C#N)C(c3cc(OC)ccc3OC)C12C#N. The zero-order valence-corrected chi connectivity index (χ0v) is 20.2. The molecule has 0 aromatic heterocycles. The molecule has 8 heteroatoms. The fourth-order valence-corrected chi connectivity index (χ4v) is 8.28. The first-order chi connectivity index (χ1) is 15.0. The molecule has 2 N–H and O–H groups in total. The van der Waals surface area contributed by atoms with Crippen molar-refractivity contribution < 1.29 is 9.47 Å². The van der Waals surface area contributed by atoms with Crippen LogP contribution < -0.4 is 15.2 Å². The average molecular weight is 459 g/mol. The second-order valence-corrected chi connectivity index (χ2v) is 10.7. The highest BCUT2D eigenvalue weighted by Gasteiger charge is 2.92. The van der Waals surface area contributed by atoms with Crippen molar-refractivity contribution in [1.82, 2.24) is 0 Å². The molecule has 3 unspecified atom stereocenters. The van der Waals surface area contributed by atoms with Crippen LogP contribution in [0.5, 0.6) is 11.5 Å². The Bertz CT molecular complexity index is 928. The van der Waals surface area contributed by atoms with Crippen LogP contribution in [0.1, 0.15) is 51.0 Å². The molecule has 31 heavy (non-hydrogen) atoms. The molecule has 2 aliphatic rings. The van der Waals surface area contributed by atoms with E-state index in [0.29, 0.717) is 11.5 Å². The molecule has 0 bridgehead atoms. The summed E-state index contributed by atoms with van der Waals surface area (Å²) in [7, 11) is 3.19. The normalized spacial score (nSPS) is 27.5. The van der Waals surface area contributed by atoms with Crippen molar-refractivity contribution >= 4 is 29.4 Å². The molecule has 0 radical (unpaired) electrons. The molecule has 3 atom stereocenters. The molecular weight excluding hydrogens is 428 g/mol. The zero-order valence-electron chi connectivity index (χ0n) is 18.6. The predicted molar refractivity (Wildman–Crippen MR) is 127 cm³/mol. The van der Waals surface area contributed by atoms with E-state index < -0.39 is 21.0 Å². The van der Waals surface area contributed by atoms with E-state index in [4.69, 9.17) is 20.2 Å². The number of hydrogen-bond acceptors (Lipinski definition) is 8. The number of thioether (sulfide) groups is 2. The molecule has 1 fully saturated rings. The highest BCUT2D eigenvalue weighted by atomic mass is 32.2. The van der Waals surface area contributed by atoms with E-state index in [9.17, 15) is 10.5 Å². The van der Waals surface area contributed by atoms with Crippen molar-refractivity contribution in [1.29, 1.82) is 10.5 Å². The molecular formula is C23H30N4O2S2. The van der Waals surface area contributed by atoms with Crippen LogP contribution in [0.2, 0.25) is 0 Å². The maximum Gasteiger partial charge on any atom is 0.175 e. The summed E-state index contributed by atoms with van der Waals surface area (Å²) in [5.41, 5.74) is 5.03. The lowest BCUT2D eigenvalue weighted by Crippen LogP contribution is -2.32. The van der Waals surface area contributed by atoms with E-state index in [1.165, 1.54) is 0 Å². The zero-order chi connectivity index (χ0) is 22.7. The van der Waals surface area contributed by atoms with Gasteiger partial charge in [-0.2, -0.15) is 10.5 Å². The number of hydrogen-bond donors (Lipinski definition) is 1. The van der Waals surface area contributed by atoms with Crippen LogP contribution in [0, 0.1) is 33.5 Å². The van der Waals surface area contributed by atoms with E-state index in [-0.39, 0.29) is 5.84 Å². The third kappa shape index (κ3) is 3.27. The van der Waals surface area contributed by atoms with E-state index in [1.54, 1.807) is 37.7 Å². The summed E-state index contributed by atoms with van der Waals surface area (Å²) in [6.45, 7) is 4.29. The average Bonchev–Trinajstić information content (AvgIpc) is 3.37. The fraction of sp³-hybridized carbons (Fsp3) is 0.609. The second kappa shape index (κ2) is 9.22. The Hall–Kier alpha value is -2.03. The van der Waals surface area contributed by atoms with E-state index in [2.05, 4.69) is 26.0 Å². The Balaban J connectivity index is 2.17. The van der Waals surface area contributed by atoms with Crippen molar-refractivity contribution in [2.75, 3.05) is 25.7 Å². The van der Waals surface area contributed by atoms with Gasteiger partial charge in [-0.15, -0.1) is 23.5 Å². The number of nitriles is 2. The lowest BCUT2D eigenvalue weighted by Gasteiger charge is -2.32. The third-order valence-electron chi connectivity index (χ3n) is 6.27.